The van der Waals surface area contributed by atoms with Crippen molar-refractivity contribution in [1.82, 2.24) is 10.2 Å². The number of nitrogens with one attached hydrogen (secondary N) is 1. The predicted molar refractivity (Wildman–Crippen MR) is 129 cm³/mol. The van der Waals surface area contributed by atoms with Crippen molar-refractivity contribution in [1.29, 1.82) is 0 Å². The van der Waals surface area contributed by atoms with E-state index in [1.807, 2.05) is 35.6 Å². The number of carbonyl (C=O) groups is 2. The Hall–Kier alpha value is -2.87. The van der Waals surface area contributed by atoms with Crippen LogP contribution in [0.4, 0.5) is 18.9 Å². The quantitative estimate of drug-likeness (QED) is 0.519. The van der Waals surface area contributed by atoms with Crippen LogP contribution in [0.2, 0.25) is 0 Å². The Morgan fingerprint density at radius 1 is 1.11 bits per heavy atom. The van der Waals surface area contributed by atoms with Crippen LogP contribution in [0, 0.1) is 0 Å². The molecule has 4 rings (SSSR count). The van der Waals surface area contributed by atoms with Crippen LogP contribution in [0.1, 0.15) is 55.2 Å². The Balaban J connectivity index is 1.55. The third-order valence-electron chi connectivity index (χ3n) is 7.14. The fourth-order valence-electron chi connectivity index (χ4n) is 5.07. The van der Waals surface area contributed by atoms with Crippen molar-refractivity contribution in [3.05, 3.63) is 65.2 Å². The van der Waals surface area contributed by atoms with Gasteiger partial charge in [0.25, 0.3) is 0 Å². The van der Waals surface area contributed by atoms with Crippen LogP contribution in [-0.2, 0) is 21.5 Å². The van der Waals surface area contributed by atoms with Gasteiger partial charge in [-0.3, -0.25) is 14.5 Å². The standard InChI is InChI=1S/C27H32F3N3O2/c1-26(12-14-32(15-13-26)16-20-6-3-2-4-7-20)25-22(21-10-11-21)8-5-9-23(25)33(19-34)17-24(35)31-18-27(28,29)30/h2-9,19,21H,10-18H2,1H3,(H,31,35). The van der Waals surface area contributed by atoms with E-state index in [4.69, 9.17) is 0 Å². The molecule has 2 aromatic rings. The van der Waals surface area contributed by atoms with E-state index in [0.717, 1.165) is 50.9 Å². The van der Waals surface area contributed by atoms with E-state index in [-0.39, 0.29) is 5.41 Å². The third kappa shape index (κ3) is 6.42. The highest BCUT2D eigenvalue weighted by Crippen LogP contribution is 2.50. The van der Waals surface area contributed by atoms with E-state index < -0.39 is 25.2 Å². The summed E-state index contributed by atoms with van der Waals surface area (Å²) in [6.45, 7) is 3.03. The van der Waals surface area contributed by atoms with Gasteiger partial charge >= 0.3 is 6.18 Å². The number of amides is 2. The van der Waals surface area contributed by atoms with E-state index in [2.05, 4.69) is 30.0 Å². The number of benzene rings is 2. The van der Waals surface area contributed by atoms with Crippen LogP contribution in [0.3, 0.4) is 0 Å². The molecule has 1 heterocycles. The minimum Gasteiger partial charge on any atom is -0.345 e. The minimum atomic E-state index is -4.50. The molecule has 188 valence electrons. The van der Waals surface area contributed by atoms with Crippen LogP contribution in [0.15, 0.2) is 48.5 Å². The number of alkyl halides is 3. The summed E-state index contributed by atoms with van der Waals surface area (Å²) in [7, 11) is 0. The number of carbonyl (C=O) groups excluding carboxylic acids is 2. The van der Waals surface area contributed by atoms with Crippen molar-refractivity contribution >= 4 is 18.0 Å². The van der Waals surface area contributed by atoms with Crippen molar-refractivity contribution in [2.75, 3.05) is 31.1 Å². The molecular weight excluding hydrogens is 455 g/mol. The van der Waals surface area contributed by atoms with Gasteiger partial charge in [-0.1, -0.05) is 49.4 Å². The number of anilines is 1. The fourth-order valence-corrected chi connectivity index (χ4v) is 5.07. The predicted octanol–water partition coefficient (Wildman–Crippen LogP) is 4.76. The fraction of sp³-hybridized carbons (Fsp3) is 0.481. The van der Waals surface area contributed by atoms with Crippen molar-refractivity contribution in [2.45, 2.75) is 56.7 Å². The molecule has 5 nitrogen and oxygen atoms in total. The van der Waals surface area contributed by atoms with Gasteiger partial charge in [0.15, 0.2) is 0 Å². The zero-order valence-corrected chi connectivity index (χ0v) is 20.0. The van der Waals surface area contributed by atoms with Crippen molar-refractivity contribution < 1.29 is 22.8 Å². The molecule has 0 spiro atoms. The summed E-state index contributed by atoms with van der Waals surface area (Å²) in [4.78, 5) is 28.0. The SMILES string of the molecule is CC1(c2c(C3CC3)cccc2N(C=O)CC(=O)NCC(F)(F)F)CCN(Cc2ccccc2)CC1. The number of hydrogen-bond acceptors (Lipinski definition) is 3. The maximum absolute atomic E-state index is 12.5. The lowest BCUT2D eigenvalue weighted by atomic mass is 9.71. The summed E-state index contributed by atoms with van der Waals surface area (Å²) in [6, 6.07) is 16.1. The Bertz CT molecular complexity index is 1030. The summed E-state index contributed by atoms with van der Waals surface area (Å²) in [5.74, 6) is -0.406. The molecule has 0 unspecified atom stereocenters. The number of likely N-dealkylation sites (tertiary alicyclic amines) is 1. The molecule has 0 bridgehead atoms. The molecule has 1 saturated heterocycles. The molecule has 1 saturated carbocycles. The molecular formula is C27H32F3N3O2. The second-order valence-corrected chi connectivity index (χ2v) is 9.96. The molecule has 35 heavy (non-hydrogen) atoms. The van der Waals surface area contributed by atoms with Gasteiger partial charge in [0.2, 0.25) is 12.3 Å². The van der Waals surface area contributed by atoms with Crippen LogP contribution in [0.5, 0.6) is 0 Å². The lowest BCUT2D eigenvalue weighted by Gasteiger charge is -2.42. The molecule has 8 heteroatoms. The van der Waals surface area contributed by atoms with Crippen LogP contribution < -0.4 is 10.2 Å². The number of rotatable bonds is 9. The Morgan fingerprint density at radius 2 is 1.80 bits per heavy atom. The first-order chi connectivity index (χ1) is 16.7. The molecule has 1 aliphatic heterocycles. The smallest absolute Gasteiger partial charge is 0.345 e. The number of halogens is 3. The third-order valence-corrected chi connectivity index (χ3v) is 7.14. The van der Waals surface area contributed by atoms with E-state index in [1.54, 1.807) is 0 Å². The molecule has 1 N–H and O–H groups in total. The molecule has 1 aliphatic carbocycles. The molecule has 2 aromatic carbocycles. The van der Waals surface area contributed by atoms with Crippen LogP contribution in [0.25, 0.3) is 0 Å². The molecule has 2 amide bonds. The molecule has 0 atom stereocenters. The van der Waals surface area contributed by atoms with E-state index >= 15 is 0 Å². The lowest BCUT2D eigenvalue weighted by molar-refractivity contribution is -0.137. The van der Waals surface area contributed by atoms with Gasteiger partial charge in [-0.15, -0.1) is 0 Å². The van der Waals surface area contributed by atoms with Crippen LogP contribution >= 0.6 is 0 Å². The average Bonchev–Trinajstić information content (AvgIpc) is 3.68. The van der Waals surface area contributed by atoms with Crippen LogP contribution in [-0.4, -0.2) is 49.6 Å². The van der Waals surface area contributed by atoms with Gasteiger partial charge in [0.05, 0.1) is 0 Å². The van der Waals surface area contributed by atoms with Gasteiger partial charge < -0.3 is 10.2 Å². The van der Waals surface area contributed by atoms with Crippen molar-refractivity contribution in [3.63, 3.8) is 0 Å². The maximum atomic E-state index is 12.5. The number of piperidine rings is 1. The second kappa shape index (κ2) is 10.4. The summed E-state index contributed by atoms with van der Waals surface area (Å²) < 4.78 is 37.6. The molecule has 0 radical (unpaired) electrons. The van der Waals surface area contributed by atoms with Crippen molar-refractivity contribution in [3.8, 4) is 0 Å². The first kappa shape index (κ1) is 25.2. The monoisotopic (exact) mass is 487 g/mol. The Labute approximate surface area is 204 Å². The lowest BCUT2D eigenvalue weighted by Crippen LogP contribution is -2.43. The van der Waals surface area contributed by atoms with E-state index in [9.17, 15) is 22.8 Å². The number of nitrogens with zero attached hydrogens (tertiary/aromatic N) is 2. The first-order valence-electron chi connectivity index (χ1n) is 12.1. The summed E-state index contributed by atoms with van der Waals surface area (Å²) >= 11 is 0. The topological polar surface area (TPSA) is 52.7 Å². The van der Waals surface area contributed by atoms with E-state index in [1.165, 1.54) is 16.0 Å². The largest absolute Gasteiger partial charge is 0.405 e. The van der Waals surface area contributed by atoms with Crippen molar-refractivity contribution in [2.24, 2.45) is 0 Å². The molecule has 0 aromatic heterocycles. The average molecular weight is 488 g/mol. The molecule has 2 aliphatic rings. The van der Waals surface area contributed by atoms with Gasteiger partial charge in [0.1, 0.15) is 13.1 Å². The number of hydrogen-bond donors (Lipinski definition) is 1. The van der Waals surface area contributed by atoms with Gasteiger partial charge in [-0.05, 0) is 72.9 Å². The van der Waals surface area contributed by atoms with Gasteiger partial charge in [0, 0.05) is 12.2 Å². The van der Waals surface area contributed by atoms with Gasteiger partial charge in [-0.25, -0.2) is 0 Å². The highest BCUT2D eigenvalue weighted by atomic mass is 19.4. The second-order valence-electron chi connectivity index (χ2n) is 9.96. The zero-order chi connectivity index (χ0) is 25.1. The first-order valence-corrected chi connectivity index (χ1v) is 12.1. The van der Waals surface area contributed by atoms with E-state index in [0.29, 0.717) is 18.0 Å². The summed E-state index contributed by atoms with van der Waals surface area (Å²) in [5.41, 5.74) is 3.96. The summed E-state index contributed by atoms with van der Waals surface area (Å²) in [6.07, 6.45) is 0.00318. The maximum Gasteiger partial charge on any atom is 0.405 e. The highest BCUT2D eigenvalue weighted by molar-refractivity contribution is 5.90. The summed E-state index contributed by atoms with van der Waals surface area (Å²) in [5, 5.41) is 1.87. The highest BCUT2D eigenvalue weighted by Gasteiger charge is 2.39. The van der Waals surface area contributed by atoms with Gasteiger partial charge in [-0.2, -0.15) is 13.2 Å². The minimum absolute atomic E-state index is 0.203. The molecule has 2 fully saturated rings. The Morgan fingerprint density at radius 3 is 2.40 bits per heavy atom. The Kier molecular flexibility index (Phi) is 7.50. The normalized spacial score (nSPS) is 18.2. The zero-order valence-electron chi connectivity index (χ0n) is 20.0.